The number of nitrogens with one attached hydrogen (secondary N) is 1. The van der Waals surface area contributed by atoms with E-state index in [2.05, 4.69) is 10.3 Å². The van der Waals surface area contributed by atoms with Gasteiger partial charge in [-0.25, -0.2) is 4.98 Å². The van der Waals surface area contributed by atoms with Crippen LogP contribution in [0.3, 0.4) is 0 Å². The molecule has 0 radical (unpaired) electrons. The van der Waals surface area contributed by atoms with Gasteiger partial charge in [0.05, 0.1) is 0 Å². The molecule has 0 aromatic carbocycles. The van der Waals surface area contributed by atoms with Gasteiger partial charge in [-0.1, -0.05) is 13.0 Å². The highest BCUT2D eigenvalue weighted by molar-refractivity contribution is 5.33. The number of hydrogen-bond donors (Lipinski definition) is 2. The highest BCUT2D eigenvalue weighted by atomic mass is 16.3. The van der Waals surface area contributed by atoms with Crippen LogP contribution in [0.2, 0.25) is 0 Å². The maximum Gasteiger partial charge on any atom is 0.127 e. The van der Waals surface area contributed by atoms with Crippen molar-refractivity contribution in [3.8, 4) is 0 Å². The summed E-state index contributed by atoms with van der Waals surface area (Å²) in [4.78, 5) is 4.00. The fraction of sp³-hybridized carbons (Fsp3) is 0.375. The number of pyridine rings is 1. The minimum atomic E-state index is -0.495. The quantitative estimate of drug-likeness (QED) is 0.640. The predicted octanol–water partition coefficient (Wildman–Crippen LogP) is 1.22. The molecule has 1 aromatic heterocycles. The minimum Gasteiger partial charge on any atom is -0.374 e. The summed E-state index contributed by atoms with van der Waals surface area (Å²) in [5, 5.41) is 12.0. The van der Waals surface area contributed by atoms with E-state index in [4.69, 9.17) is 5.11 Å². The van der Waals surface area contributed by atoms with Crippen molar-refractivity contribution < 1.29 is 5.11 Å². The predicted molar refractivity (Wildman–Crippen MR) is 44.2 cm³/mol. The van der Waals surface area contributed by atoms with Gasteiger partial charge in [-0.2, -0.15) is 0 Å². The third-order valence-corrected chi connectivity index (χ3v) is 1.37. The highest BCUT2D eigenvalue weighted by Gasteiger charge is 1.98. The van der Waals surface area contributed by atoms with Crippen molar-refractivity contribution in [1.82, 2.24) is 4.98 Å². The molecule has 60 valence electrons. The van der Waals surface area contributed by atoms with Crippen LogP contribution in [0.4, 0.5) is 5.82 Å². The van der Waals surface area contributed by atoms with E-state index >= 15 is 0 Å². The Kier molecular flexibility index (Phi) is 2.86. The molecule has 1 heterocycles. The molecular formula is C8H12N2O. The molecule has 0 fully saturated rings. The fourth-order valence-corrected chi connectivity index (χ4v) is 0.721. The Morgan fingerprint density at radius 3 is 3.00 bits per heavy atom. The zero-order valence-electron chi connectivity index (χ0n) is 6.49. The standard InChI is InChI=1S/C8H12N2O/c1-2-8(11)10-7-5-3-4-6-9-7/h3-6,8,11H,2H2,1H3,(H,9,10). The normalized spacial score (nSPS) is 12.5. The van der Waals surface area contributed by atoms with E-state index in [0.29, 0.717) is 12.2 Å². The van der Waals surface area contributed by atoms with E-state index in [1.54, 1.807) is 6.20 Å². The summed E-state index contributed by atoms with van der Waals surface area (Å²) in [6, 6.07) is 5.53. The van der Waals surface area contributed by atoms with Crippen molar-refractivity contribution in [2.75, 3.05) is 5.32 Å². The van der Waals surface area contributed by atoms with E-state index in [1.165, 1.54) is 0 Å². The average Bonchev–Trinajstić information content (AvgIpc) is 2.06. The van der Waals surface area contributed by atoms with Crippen LogP contribution in [-0.2, 0) is 0 Å². The van der Waals surface area contributed by atoms with Gasteiger partial charge in [0.15, 0.2) is 0 Å². The summed E-state index contributed by atoms with van der Waals surface area (Å²) in [6.45, 7) is 1.90. The maximum absolute atomic E-state index is 9.16. The van der Waals surface area contributed by atoms with Crippen molar-refractivity contribution in [3.05, 3.63) is 24.4 Å². The Bertz CT molecular complexity index is 201. The first-order valence-corrected chi connectivity index (χ1v) is 3.68. The largest absolute Gasteiger partial charge is 0.374 e. The summed E-state index contributed by atoms with van der Waals surface area (Å²) in [7, 11) is 0. The van der Waals surface area contributed by atoms with Gasteiger partial charge >= 0.3 is 0 Å². The van der Waals surface area contributed by atoms with Crippen molar-refractivity contribution in [1.29, 1.82) is 0 Å². The van der Waals surface area contributed by atoms with E-state index in [1.807, 2.05) is 25.1 Å². The Morgan fingerprint density at radius 1 is 1.64 bits per heavy atom. The van der Waals surface area contributed by atoms with Crippen LogP contribution in [0.25, 0.3) is 0 Å². The molecule has 0 aliphatic rings. The molecule has 0 bridgehead atoms. The van der Waals surface area contributed by atoms with Crippen LogP contribution in [-0.4, -0.2) is 16.3 Å². The number of aromatic nitrogens is 1. The highest BCUT2D eigenvalue weighted by Crippen LogP contribution is 2.02. The van der Waals surface area contributed by atoms with E-state index in [9.17, 15) is 0 Å². The van der Waals surface area contributed by atoms with Gasteiger partial charge in [0, 0.05) is 6.20 Å². The number of anilines is 1. The summed E-state index contributed by atoms with van der Waals surface area (Å²) >= 11 is 0. The lowest BCUT2D eigenvalue weighted by Crippen LogP contribution is -2.17. The van der Waals surface area contributed by atoms with Gasteiger partial charge in [0.25, 0.3) is 0 Å². The van der Waals surface area contributed by atoms with Crippen LogP contribution in [0, 0.1) is 0 Å². The summed E-state index contributed by atoms with van der Waals surface area (Å²) in [5.41, 5.74) is 0. The lowest BCUT2D eigenvalue weighted by molar-refractivity contribution is 0.199. The van der Waals surface area contributed by atoms with Crippen LogP contribution < -0.4 is 5.32 Å². The average molecular weight is 152 g/mol. The molecule has 0 saturated carbocycles. The second-order valence-electron chi connectivity index (χ2n) is 2.28. The molecule has 1 rings (SSSR count). The summed E-state index contributed by atoms with van der Waals surface area (Å²) < 4.78 is 0. The molecule has 1 unspecified atom stereocenters. The Labute approximate surface area is 66.1 Å². The van der Waals surface area contributed by atoms with Crippen molar-refractivity contribution in [2.24, 2.45) is 0 Å². The Balaban J connectivity index is 2.51. The molecule has 1 aromatic rings. The number of rotatable bonds is 3. The molecule has 0 aliphatic heterocycles. The van der Waals surface area contributed by atoms with Crippen LogP contribution in [0.1, 0.15) is 13.3 Å². The molecule has 3 heteroatoms. The first kappa shape index (κ1) is 8.01. The number of nitrogens with zero attached hydrogens (tertiary/aromatic N) is 1. The Morgan fingerprint density at radius 2 is 2.45 bits per heavy atom. The third kappa shape index (κ3) is 2.55. The molecule has 2 N–H and O–H groups in total. The molecule has 0 amide bonds. The lowest BCUT2D eigenvalue weighted by Gasteiger charge is -2.09. The first-order valence-electron chi connectivity index (χ1n) is 3.68. The minimum absolute atomic E-state index is 0.495. The molecule has 3 nitrogen and oxygen atoms in total. The molecule has 0 saturated heterocycles. The smallest absolute Gasteiger partial charge is 0.127 e. The zero-order chi connectivity index (χ0) is 8.10. The van der Waals surface area contributed by atoms with Crippen molar-refractivity contribution in [3.63, 3.8) is 0 Å². The second-order valence-corrected chi connectivity index (χ2v) is 2.28. The third-order valence-electron chi connectivity index (χ3n) is 1.37. The van der Waals surface area contributed by atoms with Gasteiger partial charge < -0.3 is 10.4 Å². The maximum atomic E-state index is 9.16. The zero-order valence-corrected chi connectivity index (χ0v) is 6.49. The molecule has 1 atom stereocenters. The summed E-state index contributed by atoms with van der Waals surface area (Å²) in [6.07, 6.45) is 1.87. The molecule has 0 aliphatic carbocycles. The van der Waals surface area contributed by atoms with E-state index < -0.39 is 6.23 Å². The molecule has 0 spiro atoms. The van der Waals surface area contributed by atoms with Gasteiger partial charge in [-0.15, -0.1) is 0 Å². The van der Waals surface area contributed by atoms with E-state index in [-0.39, 0.29) is 0 Å². The number of hydrogen-bond acceptors (Lipinski definition) is 3. The Hall–Kier alpha value is -1.09. The lowest BCUT2D eigenvalue weighted by atomic mass is 10.4. The number of aliphatic hydroxyl groups excluding tert-OH is 1. The monoisotopic (exact) mass is 152 g/mol. The van der Waals surface area contributed by atoms with Crippen LogP contribution in [0.15, 0.2) is 24.4 Å². The number of aliphatic hydroxyl groups is 1. The van der Waals surface area contributed by atoms with Gasteiger partial charge in [-0.05, 0) is 18.6 Å². The van der Waals surface area contributed by atoms with Gasteiger partial charge in [-0.3, -0.25) is 0 Å². The second kappa shape index (κ2) is 3.93. The van der Waals surface area contributed by atoms with Crippen LogP contribution in [0.5, 0.6) is 0 Å². The molecule has 11 heavy (non-hydrogen) atoms. The summed E-state index contributed by atoms with van der Waals surface area (Å²) in [5.74, 6) is 0.710. The SMILES string of the molecule is CCC(O)Nc1ccccn1. The molecular weight excluding hydrogens is 140 g/mol. The van der Waals surface area contributed by atoms with Crippen molar-refractivity contribution in [2.45, 2.75) is 19.6 Å². The van der Waals surface area contributed by atoms with Crippen LogP contribution >= 0.6 is 0 Å². The van der Waals surface area contributed by atoms with Crippen molar-refractivity contribution >= 4 is 5.82 Å². The van der Waals surface area contributed by atoms with Gasteiger partial charge in [0.2, 0.25) is 0 Å². The van der Waals surface area contributed by atoms with Gasteiger partial charge in [0.1, 0.15) is 12.0 Å². The first-order chi connectivity index (χ1) is 5.33. The fourth-order valence-electron chi connectivity index (χ4n) is 0.721. The van der Waals surface area contributed by atoms with E-state index in [0.717, 1.165) is 0 Å². The topological polar surface area (TPSA) is 45.1 Å².